The fourth-order valence-corrected chi connectivity index (χ4v) is 3.02. The molecule has 0 saturated carbocycles. The van der Waals surface area contributed by atoms with E-state index in [9.17, 15) is 4.79 Å². The molecule has 0 aliphatic carbocycles. The molecule has 0 bridgehead atoms. The zero-order valence-electron chi connectivity index (χ0n) is 15.2. The van der Waals surface area contributed by atoms with Crippen molar-refractivity contribution >= 4 is 6.03 Å². The first kappa shape index (κ1) is 18.2. The Morgan fingerprint density at radius 1 is 1.23 bits per heavy atom. The van der Waals surface area contributed by atoms with Gasteiger partial charge in [0.25, 0.3) is 0 Å². The van der Waals surface area contributed by atoms with Crippen LogP contribution in [0.5, 0.6) is 6.01 Å². The molecule has 3 rings (SSSR count). The van der Waals surface area contributed by atoms with Crippen molar-refractivity contribution in [3.8, 4) is 6.01 Å². The molecule has 26 heavy (non-hydrogen) atoms. The zero-order valence-corrected chi connectivity index (χ0v) is 15.2. The van der Waals surface area contributed by atoms with E-state index in [0.29, 0.717) is 19.1 Å². The van der Waals surface area contributed by atoms with Crippen molar-refractivity contribution in [3.05, 3.63) is 53.9 Å². The molecule has 0 spiro atoms. The Balaban J connectivity index is 1.45. The van der Waals surface area contributed by atoms with E-state index in [4.69, 9.17) is 4.74 Å². The number of aromatic nitrogens is 2. The number of hydrogen-bond acceptors (Lipinski definition) is 4. The molecule has 1 fully saturated rings. The number of nitrogens with one attached hydrogen (secondary N) is 1. The Hall–Kier alpha value is -2.63. The minimum absolute atomic E-state index is 0.0310. The number of carbonyl (C=O) groups is 1. The SMILES string of the molecule is CCc1cnc(OC2CCCN(C(=O)NCCc3ccccc3)C2)nc1. The van der Waals surface area contributed by atoms with E-state index >= 15 is 0 Å². The van der Waals surface area contributed by atoms with E-state index in [2.05, 4.69) is 34.3 Å². The highest BCUT2D eigenvalue weighted by molar-refractivity contribution is 5.74. The monoisotopic (exact) mass is 354 g/mol. The van der Waals surface area contributed by atoms with Crippen LogP contribution in [0.2, 0.25) is 0 Å². The van der Waals surface area contributed by atoms with Crippen LogP contribution >= 0.6 is 0 Å². The summed E-state index contributed by atoms with van der Waals surface area (Å²) < 4.78 is 5.87. The lowest BCUT2D eigenvalue weighted by Gasteiger charge is -2.32. The fraction of sp³-hybridized carbons (Fsp3) is 0.450. The van der Waals surface area contributed by atoms with Crippen molar-refractivity contribution in [3.63, 3.8) is 0 Å². The van der Waals surface area contributed by atoms with Crippen molar-refractivity contribution in [2.75, 3.05) is 19.6 Å². The molecular weight excluding hydrogens is 328 g/mol. The van der Waals surface area contributed by atoms with Gasteiger partial charge in [-0.1, -0.05) is 37.3 Å². The maximum Gasteiger partial charge on any atom is 0.317 e. The number of nitrogens with zero attached hydrogens (tertiary/aromatic N) is 3. The zero-order chi connectivity index (χ0) is 18.2. The maximum atomic E-state index is 12.4. The largest absolute Gasteiger partial charge is 0.458 e. The van der Waals surface area contributed by atoms with Gasteiger partial charge in [0, 0.05) is 25.5 Å². The van der Waals surface area contributed by atoms with Gasteiger partial charge in [0.15, 0.2) is 0 Å². The average molecular weight is 354 g/mol. The van der Waals surface area contributed by atoms with Crippen LogP contribution < -0.4 is 10.1 Å². The van der Waals surface area contributed by atoms with Gasteiger partial charge < -0.3 is 15.0 Å². The molecule has 1 aromatic heterocycles. The Morgan fingerprint density at radius 2 is 2.00 bits per heavy atom. The predicted molar refractivity (Wildman–Crippen MR) is 100 cm³/mol. The number of amides is 2. The summed E-state index contributed by atoms with van der Waals surface area (Å²) in [7, 11) is 0. The number of likely N-dealkylation sites (tertiary alicyclic amines) is 1. The highest BCUT2D eigenvalue weighted by atomic mass is 16.5. The number of piperidine rings is 1. The quantitative estimate of drug-likeness (QED) is 0.866. The highest BCUT2D eigenvalue weighted by Gasteiger charge is 2.25. The van der Waals surface area contributed by atoms with Gasteiger partial charge in [-0.3, -0.25) is 0 Å². The van der Waals surface area contributed by atoms with Gasteiger partial charge in [0.1, 0.15) is 6.10 Å². The molecule has 1 saturated heterocycles. The second-order valence-corrected chi connectivity index (χ2v) is 6.52. The first-order chi connectivity index (χ1) is 12.7. The summed E-state index contributed by atoms with van der Waals surface area (Å²) in [5, 5.41) is 3.00. The van der Waals surface area contributed by atoms with E-state index in [1.54, 1.807) is 12.4 Å². The Labute approximate surface area is 154 Å². The summed E-state index contributed by atoms with van der Waals surface area (Å²) in [6.07, 6.45) is 7.09. The van der Waals surface area contributed by atoms with Crippen LogP contribution in [0, 0.1) is 0 Å². The fourth-order valence-electron chi connectivity index (χ4n) is 3.02. The molecule has 1 N–H and O–H groups in total. The smallest absolute Gasteiger partial charge is 0.317 e. The van der Waals surface area contributed by atoms with E-state index in [1.807, 2.05) is 23.1 Å². The number of ether oxygens (including phenoxy) is 1. The van der Waals surface area contributed by atoms with Gasteiger partial charge in [0.2, 0.25) is 0 Å². The third kappa shape index (κ3) is 5.18. The van der Waals surface area contributed by atoms with Crippen LogP contribution in [0.25, 0.3) is 0 Å². The number of rotatable bonds is 6. The Kier molecular flexibility index (Phi) is 6.41. The van der Waals surface area contributed by atoms with Crippen LogP contribution in [0.3, 0.4) is 0 Å². The topological polar surface area (TPSA) is 67.3 Å². The molecule has 6 heteroatoms. The molecular formula is C20H26N4O2. The van der Waals surface area contributed by atoms with E-state index in [1.165, 1.54) is 5.56 Å². The molecule has 138 valence electrons. The first-order valence-corrected chi connectivity index (χ1v) is 9.29. The van der Waals surface area contributed by atoms with Crippen molar-refractivity contribution in [2.45, 2.75) is 38.7 Å². The number of carbonyl (C=O) groups excluding carboxylic acids is 1. The Morgan fingerprint density at radius 3 is 2.73 bits per heavy atom. The molecule has 1 aromatic carbocycles. The molecule has 1 atom stereocenters. The standard InChI is InChI=1S/C20H26N4O2/c1-2-16-13-22-19(23-14-16)26-18-9-6-12-24(15-18)20(25)21-11-10-17-7-4-3-5-8-17/h3-5,7-8,13-14,18H,2,6,9-12,15H2,1H3,(H,21,25). The number of urea groups is 1. The summed E-state index contributed by atoms with van der Waals surface area (Å²) in [6, 6.07) is 10.5. The molecule has 2 amide bonds. The van der Waals surface area contributed by atoms with Crippen LogP contribution in [-0.4, -0.2) is 46.6 Å². The minimum Gasteiger partial charge on any atom is -0.458 e. The predicted octanol–water partition coefficient (Wildman–Crippen LogP) is 2.83. The van der Waals surface area contributed by atoms with Crippen molar-refractivity contribution in [2.24, 2.45) is 0 Å². The van der Waals surface area contributed by atoms with Crippen molar-refractivity contribution < 1.29 is 9.53 Å². The van der Waals surface area contributed by atoms with Crippen LogP contribution in [0.1, 0.15) is 30.9 Å². The van der Waals surface area contributed by atoms with E-state index in [-0.39, 0.29) is 12.1 Å². The lowest BCUT2D eigenvalue weighted by atomic mass is 10.1. The third-order valence-corrected chi connectivity index (χ3v) is 4.56. The van der Waals surface area contributed by atoms with Gasteiger partial charge in [-0.25, -0.2) is 14.8 Å². The molecule has 1 unspecified atom stereocenters. The average Bonchev–Trinajstić information content (AvgIpc) is 2.69. The van der Waals surface area contributed by atoms with Crippen molar-refractivity contribution in [1.82, 2.24) is 20.2 Å². The van der Waals surface area contributed by atoms with Crippen LogP contribution in [0.4, 0.5) is 4.79 Å². The molecule has 2 heterocycles. The van der Waals surface area contributed by atoms with Crippen LogP contribution in [0.15, 0.2) is 42.7 Å². The lowest BCUT2D eigenvalue weighted by molar-refractivity contribution is 0.0939. The maximum absolute atomic E-state index is 12.4. The Bertz CT molecular complexity index is 691. The summed E-state index contributed by atoms with van der Waals surface area (Å²) in [6.45, 7) is 4.02. The minimum atomic E-state index is -0.0592. The molecule has 2 aromatic rings. The second kappa shape index (κ2) is 9.17. The first-order valence-electron chi connectivity index (χ1n) is 9.29. The van der Waals surface area contributed by atoms with E-state index < -0.39 is 0 Å². The second-order valence-electron chi connectivity index (χ2n) is 6.52. The summed E-state index contributed by atoms with van der Waals surface area (Å²) in [5.41, 5.74) is 2.31. The normalized spacial score (nSPS) is 17.0. The van der Waals surface area contributed by atoms with Gasteiger partial charge in [-0.05, 0) is 36.8 Å². The molecule has 1 aliphatic heterocycles. The van der Waals surface area contributed by atoms with Gasteiger partial charge in [0.05, 0.1) is 6.54 Å². The van der Waals surface area contributed by atoms with Crippen molar-refractivity contribution in [1.29, 1.82) is 0 Å². The number of hydrogen-bond donors (Lipinski definition) is 1. The summed E-state index contributed by atoms with van der Waals surface area (Å²) in [5.74, 6) is 0. The lowest BCUT2D eigenvalue weighted by Crippen LogP contribution is -2.49. The molecule has 6 nitrogen and oxygen atoms in total. The highest BCUT2D eigenvalue weighted by Crippen LogP contribution is 2.15. The molecule has 1 aliphatic rings. The third-order valence-electron chi connectivity index (χ3n) is 4.56. The van der Waals surface area contributed by atoms with Gasteiger partial charge in [-0.2, -0.15) is 0 Å². The van der Waals surface area contributed by atoms with E-state index in [0.717, 1.165) is 37.8 Å². The van der Waals surface area contributed by atoms with Crippen LogP contribution in [-0.2, 0) is 12.8 Å². The van der Waals surface area contributed by atoms with Gasteiger partial charge in [-0.15, -0.1) is 0 Å². The van der Waals surface area contributed by atoms with Gasteiger partial charge >= 0.3 is 12.0 Å². The number of aryl methyl sites for hydroxylation is 1. The number of benzene rings is 1. The summed E-state index contributed by atoms with van der Waals surface area (Å²) >= 11 is 0. The summed E-state index contributed by atoms with van der Waals surface area (Å²) in [4.78, 5) is 22.7. The molecule has 0 radical (unpaired) electrons.